The fraction of sp³-hybridized carbons (Fsp3) is 0.333. The summed E-state index contributed by atoms with van der Waals surface area (Å²) in [6.07, 6.45) is 1.63. The van der Waals surface area contributed by atoms with E-state index in [-0.39, 0.29) is 29.6 Å². The molecule has 23 heavy (non-hydrogen) atoms. The summed E-state index contributed by atoms with van der Waals surface area (Å²) in [5.74, 6) is -0.359. The lowest BCUT2D eigenvalue weighted by atomic mass is 10.2. The van der Waals surface area contributed by atoms with Gasteiger partial charge in [-0.1, -0.05) is 0 Å². The maximum atomic E-state index is 12.4. The molecule has 0 aliphatic rings. The predicted octanol–water partition coefficient (Wildman–Crippen LogP) is 2.35. The molecule has 124 valence electrons. The highest BCUT2D eigenvalue weighted by Gasteiger charge is 2.14. The minimum Gasteiger partial charge on any atom is -0.490 e. The molecule has 2 aromatic rings. The molecule has 6 nitrogen and oxygen atoms in total. The highest BCUT2D eigenvalue weighted by molar-refractivity contribution is 5.94. The second-order valence-electron chi connectivity index (χ2n) is 4.60. The van der Waals surface area contributed by atoms with E-state index in [1.54, 1.807) is 30.9 Å². The molecule has 0 saturated heterocycles. The Balaban J connectivity index is 2.10. The molecular formula is C15H17F2N3O3. The van der Waals surface area contributed by atoms with Crippen molar-refractivity contribution >= 4 is 5.91 Å². The zero-order valence-electron chi connectivity index (χ0n) is 12.8. The van der Waals surface area contributed by atoms with Crippen LogP contribution in [0.4, 0.5) is 8.78 Å². The van der Waals surface area contributed by atoms with Crippen LogP contribution < -0.4 is 14.8 Å². The number of aromatic nitrogens is 2. The smallest absolute Gasteiger partial charge is 0.387 e. The first-order valence-corrected chi connectivity index (χ1v) is 6.98. The molecule has 0 aliphatic carbocycles. The second kappa shape index (κ2) is 7.57. The zero-order chi connectivity index (χ0) is 16.8. The van der Waals surface area contributed by atoms with Crippen LogP contribution >= 0.6 is 0 Å². The fourth-order valence-corrected chi connectivity index (χ4v) is 1.96. The van der Waals surface area contributed by atoms with Gasteiger partial charge in [0.05, 0.1) is 18.8 Å². The lowest BCUT2D eigenvalue weighted by Crippen LogP contribution is -2.24. The molecule has 8 heteroatoms. The Bertz CT molecular complexity index is 674. The third-order valence-corrected chi connectivity index (χ3v) is 3.07. The molecule has 0 spiro atoms. The first-order valence-electron chi connectivity index (χ1n) is 6.98. The van der Waals surface area contributed by atoms with Crippen molar-refractivity contribution in [3.8, 4) is 11.5 Å². The molecule has 0 saturated carbocycles. The molecule has 0 unspecified atom stereocenters. The van der Waals surface area contributed by atoms with Crippen molar-refractivity contribution in [2.45, 2.75) is 20.1 Å². The molecule has 2 rings (SSSR count). The van der Waals surface area contributed by atoms with Gasteiger partial charge in [-0.2, -0.15) is 13.9 Å². The maximum absolute atomic E-state index is 12.4. The number of amides is 1. The number of ether oxygens (including phenoxy) is 2. The Morgan fingerprint density at radius 1 is 1.35 bits per heavy atom. The monoisotopic (exact) mass is 325 g/mol. The largest absolute Gasteiger partial charge is 0.490 e. The quantitative estimate of drug-likeness (QED) is 0.849. The van der Waals surface area contributed by atoms with Gasteiger partial charge >= 0.3 is 6.61 Å². The van der Waals surface area contributed by atoms with Crippen LogP contribution in [0.5, 0.6) is 11.5 Å². The van der Waals surface area contributed by atoms with Crippen molar-refractivity contribution < 1.29 is 23.0 Å². The van der Waals surface area contributed by atoms with Crippen LogP contribution in [-0.2, 0) is 13.6 Å². The van der Waals surface area contributed by atoms with E-state index in [0.29, 0.717) is 6.54 Å². The van der Waals surface area contributed by atoms with E-state index in [0.717, 1.165) is 5.69 Å². The van der Waals surface area contributed by atoms with E-state index in [1.807, 2.05) is 0 Å². The van der Waals surface area contributed by atoms with Gasteiger partial charge < -0.3 is 14.8 Å². The summed E-state index contributed by atoms with van der Waals surface area (Å²) in [4.78, 5) is 12.2. The summed E-state index contributed by atoms with van der Waals surface area (Å²) in [5.41, 5.74) is 1.12. The number of benzene rings is 1. The van der Waals surface area contributed by atoms with E-state index < -0.39 is 6.61 Å². The molecule has 1 amide bonds. The summed E-state index contributed by atoms with van der Waals surface area (Å²) >= 11 is 0. The van der Waals surface area contributed by atoms with E-state index in [2.05, 4.69) is 15.2 Å². The summed E-state index contributed by atoms with van der Waals surface area (Å²) in [6, 6.07) is 5.85. The number of hydrogen-bond acceptors (Lipinski definition) is 4. The van der Waals surface area contributed by atoms with Gasteiger partial charge in [-0.3, -0.25) is 9.48 Å². The maximum Gasteiger partial charge on any atom is 0.387 e. The molecule has 0 radical (unpaired) electrons. The first-order chi connectivity index (χ1) is 11.0. The first kappa shape index (κ1) is 16.7. The molecule has 0 atom stereocenters. The summed E-state index contributed by atoms with van der Waals surface area (Å²) in [6.45, 7) is -0.686. The van der Waals surface area contributed by atoms with E-state index in [4.69, 9.17) is 4.74 Å². The number of halogens is 2. The number of aryl methyl sites for hydroxylation is 1. The number of rotatable bonds is 7. The van der Waals surface area contributed by atoms with Crippen molar-refractivity contribution in [1.29, 1.82) is 0 Å². The Morgan fingerprint density at radius 3 is 2.74 bits per heavy atom. The summed E-state index contributed by atoms with van der Waals surface area (Å²) in [7, 11) is 1.77. The van der Waals surface area contributed by atoms with Gasteiger partial charge in [-0.25, -0.2) is 0 Å². The third kappa shape index (κ3) is 4.41. The molecule has 1 N–H and O–H groups in total. The molecule has 0 bridgehead atoms. The third-order valence-electron chi connectivity index (χ3n) is 3.07. The zero-order valence-corrected chi connectivity index (χ0v) is 12.8. The van der Waals surface area contributed by atoms with Gasteiger partial charge in [0.25, 0.3) is 5.91 Å². The molecule has 0 fully saturated rings. The van der Waals surface area contributed by atoms with Crippen LogP contribution in [0.1, 0.15) is 23.0 Å². The predicted molar refractivity (Wildman–Crippen MR) is 78.6 cm³/mol. The van der Waals surface area contributed by atoms with Gasteiger partial charge in [0.2, 0.25) is 0 Å². The molecule has 1 aromatic heterocycles. The van der Waals surface area contributed by atoms with Crippen LogP contribution in [-0.4, -0.2) is 28.9 Å². The van der Waals surface area contributed by atoms with Gasteiger partial charge in [0, 0.05) is 18.8 Å². The molecule has 1 aromatic carbocycles. The number of carbonyl (C=O) groups excluding carboxylic acids is 1. The van der Waals surface area contributed by atoms with Crippen molar-refractivity contribution in [2.24, 2.45) is 7.05 Å². The van der Waals surface area contributed by atoms with Crippen LogP contribution in [0, 0.1) is 0 Å². The van der Waals surface area contributed by atoms with E-state index in [1.165, 1.54) is 18.2 Å². The SMILES string of the molecule is CCOc1cc(C(=O)NCc2ccnn2C)ccc1OC(F)F. The van der Waals surface area contributed by atoms with E-state index in [9.17, 15) is 13.6 Å². The topological polar surface area (TPSA) is 65.4 Å². The Morgan fingerprint density at radius 2 is 2.13 bits per heavy atom. The summed E-state index contributed by atoms with van der Waals surface area (Å²) in [5, 5.41) is 6.73. The van der Waals surface area contributed by atoms with Crippen LogP contribution in [0.25, 0.3) is 0 Å². The van der Waals surface area contributed by atoms with Crippen LogP contribution in [0.2, 0.25) is 0 Å². The van der Waals surface area contributed by atoms with Crippen LogP contribution in [0.3, 0.4) is 0 Å². The molecule has 0 aliphatic heterocycles. The lowest BCUT2D eigenvalue weighted by Gasteiger charge is -2.13. The van der Waals surface area contributed by atoms with Gasteiger partial charge in [0.1, 0.15) is 0 Å². The number of nitrogens with one attached hydrogen (secondary N) is 1. The second-order valence-corrected chi connectivity index (χ2v) is 4.60. The van der Waals surface area contributed by atoms with Gasteiger partial charge in [-0.15, -0.1) is 0 Å². The molecule has 1 heterocycles. The molecular weight excluding hydrogens is 308 g/mol. The fourth-order valence-electron chi connectivity index (χ4n) is 1.96. The normalized spacial score (nSPS) is 10.7. The summed E-state index contributed by atoms with van der Waals surface area (Å²) < 4.78 is 36.0. The number of hydrogen-bond donors (Lipinski definition) is 1. The number of alkyl halides is 2. The Hall–Kier alpha value is -2.64. The minimum absolute atomic E-state index is 0.0981. The lowest BCUT2D eigenvalue weighted by molar-refractivity contribution is -0.0514. The van der Waals surface area contributed by atoms with Crippen LogP contribution in [0.15, 0.2) is 30.5 Å². The number of nitrogens with zero attached hydrogens (tertiary/aromatic N) is 2. The minimum atomic E-state index is -2.96. The van der Waals surface area contributed by atoms with Crippen molar-refractivity contribution in [2.75, 3.05) is 6.61 Å². The Labute approximate surface area is 132 Å². The Kier molecular flexibility index (Phi) is 5.51. The highest BCUT2D eigenvalue weighted by Crippen LogP contribution is 2.29. The highest BCUT2D eigenvalue weighted by atomic mass is 19.3. The standard InChI is InChI=1S/C15H17F2N3O3/c1-3-22-13-8-10(4-5-12(13)23-15(16)17)14(21)18-9-11-6-7-19-20(11)2/h4-8,15H,3,9H2,1-2H3,(H,18,21). The van der Waals surface area contributed by atoms with Crippen molar-refractivity contribution in [3.63, 3.8) is 0 Å². The number of carbonyl (C=O) groups is 1. The van der Waals surface area contributed by atoms with E-state index >= 15 is 0 Å². The van der Waals surface area contributed by atoms with Crippen molar-refractivity contribution in [3.05, 3.63) is 41.7 Å². The van der Waals surface area contributed by atoms with Crippen molar-refractivity contribution in [1.82, 2.24) is 15.1 Å². The van der Waals surface area contributed by atoms with Gasteiger partial charge in [-0.05, 0) is 31.2 Å². The van der Waals surface area contributed by atoms with Gasteiger partial charge in [0.15, 0.2) is 11.5 Å². The average molecular weight is 325 g/mol. The average Bonchev–Trinajstić information content (AvgIpc) is 2.91.